The summed E-state index contributed by atoms with van der Waals surface area (Å²) in [5, 5.41) is 0. The summed E-state index contributed by atoms with van der Waals surface area (Å²) in [6.45, 7) is 6.44. The number of hydrogen-bond acceptors (Lipinski definition) is 0. The van der Waals surface area contributed by atoms with Crippen LogP contribution in [0.4, 0.5) is 0 Å². The Morgan fingerprint density at radius 1 is 1.18 bits per heavy atom. The molecule has 62 valence electrons. The van der Waals surface area contributed by atoms with Gasteiger partial charge in [0.05, 0.1) is 0 Å². The quantitative estimate of drug-likeness (QED) is 0.416. The molecule has 0 atom stereocenters. The second kappa shape index (κ2) is 3.72. The van der Waals surface area contributed by atoms with Crippen LogP contribution in [0.15, 0.2) is 12.3 Å². The summed E-state index contributed by atoms with van der Waals surface area (Å²) in [4.78, 5) is 0. The minimum atomic E-state index is 0. The SMILES string of the molecule is Cc1cc[n+](C)c(C)c1C.[Cl-]. The molecule has 11 heavy (non-hydrogen) atoms. The molecule has 0 amide bonds. The number of aromatic nitrogens is 1. The molecule has 0 aliphatic heterocycles. The summed E-state index contributed by atoms with van der Waals surface area (Å²) in [5.41, 5.74) is 4.11. The topological polar surface area (TPSA) is 3.88 Å². The molecule has 1 aromatic heterocycles. The Morgan fingerprint density at radius 2 is 1.73 bits per heavy atom. The van der Waals surface area contributed by atoms with Gasteiger partial charge < -0.3 is 12.4 Å². The third-order valence-corrected chi connectivity index (χ3v) is 2.21. The van der Waals surface area contributed by atoms with Crippen LogP contribution < -0.4 is 17.0 Å². The van der Waals surface area contributed by atoms with Gasteiger partial charge in [0.25, 0.3) is 0 Å². The highest BCUT2D eigenvalue weighted by Gasteiger charge is 2.04. The zero-order valence-corrected chi connectivity index (χ0v) is 8.24. The summed E-state index contributed by atoms with van der Waals surface area (Å²) in [6, 6.07) is 2.14. The van der Waals surface area contributed by atoms with E-state index in [2.05, 4.69) is 44.6 Å². The van der Waals surface area contributed by atoms with E-state index in [-0.39, 0.29) is 12.4 Å². The van der Waals surface area contributed by atoms with Crippen molar-refractivity contribution in [3.8, 4) is 0 Å². The van der Waals surface area contributed by atoms with Gasteiger partial charge in [0.15, 0.2) is 11.9 Å². The molecule has 1 heterocycles. The fourth-order valence-corrected chi connectivity index (χ4v) is 1.01. The summed E-state index contributed by atoms with van der Waals surface area (Å²) in [6.07, 6.45) is 2.09. The van der Waals surface area contributed by atoms with E-state index in [0.29, 0.717) is 0 Å². The van der Waals surface area contributed by atoms with Crippen LogP contribution in [-0.4, -0.2) is 0 Å². The molecule has 0 saturated heterocycles. The van der Waals surface area contributed by atoms with Crippen molar-refractivity contribution in [2.45, 2.75) is 20.8 Å². The third kappa shape index (κ3) is 1.93. The van der Waals surface area contributed by atoms with E-state index in [4.69, 9.17) is 0 Å². The fraction of sp³-hybridized carbons (Fsp3) is 0.444. The monoisotopic (exact) mass is 171 g/mol. The molecule has 0 saturated carbocycles. The molecule has 2 heteroatoms. The molecular formula is C9H14ClN. The maximum Gasteiger partial charge on any atom is 0.181 e. The Kier molecular flexibility index (Phi) is 3.53. The van der Waals surface area contributed by atoms with Crippen molar-refractivity contribution in [3.63, 3.8) is 0 Å². The molecule has 0 bridgehead atoms. The maximum atomic E-state index is 2.16. The molecule has 0 aliphatic carbocycles. The van der Waals surface area contributed by atoms with Gasteiger partial charge >= 0.3 is 0 Å². The van der Waals surface area contributed by atoms with E-state index in [1.165, 1.54) is 16.8 Å². The van der Waals surface area contributed by atoms with Crippen molar-refractivity contribution in [1.29, 1.82) is 0 Å². The van der Waals surface area contributed by atoms with Crippen LogP contribution in [0.2, 0.25) is 0 Å². The van der Waals surface area contributed by atoms with Gasteiger partial charge in [-0.1, -0.05) is 0 Å². The summed E-state index contributed by atoms with van der Waals surface area (Å²) in [5.74, 6) is 0. The molecular weight excluding hydrogens is 158 g/mol. The lowest BCUT2D eigenvalue weighted by atomic mass is 10.1. The predicted octanol–water partition coefficient (Wildman–Crippen LogP) is -1.56. The second-order valence-corrected chi connectivity index (χ2v) is 2.82. The van der Waals surface area contributed by atoms with Gasteiger partial charge in [0.2, 0.25) is 0 Å². The van der Waals surface area contributed by atoms with E-state index in [0.717, 1.165) is 0 Å². The first-order valence-electron chi connectivity index (χ1n) is 3.55. The Hall–Kier alpha value is -0.560. The maximum absolute atomic E-state index is 2.16. The van der Waals surface area contributed by atoms with Gasteiger partial charge in [-0.05, 0) is 19.4 Å². The molecule has 0 aliphatic rings. The highest BCUT2D eigenvalue weighted by Crippen LogP contribution is 2.05. The molecule has 0 aromatic carbocycles. The highest BCUT2D eigenvalue weighted by atomic mass is 35.5. The van der Waals surface area contributed by atoms with Gasteiger partial charge in [0.1, 0.15) is 7.05 Å². The minimum absolute atomic E-state index is 0. The lowest BCUT2D eigenvalue weighted by Crippen LogP contribution is -3.00. The van der Waals surface area contributed by atoms with E-state index in [9.17, 15) is 0 Å². The standard InChI is InChI=1S/C9H14N.ClH/c1-7-5-6-10(4)9(3)8(7)2;/h5-6H,1-4H3;1H/q+1;/p-1. The van der Waals surface area contributed by atoms with Crippen LogP contribution in [0.5, 0.6) is 0 Å². The van der Waals surface area contributed by atoms with Crippen LogP contribution in [0.3, 0.4) is 0 Å². The zero-order chi connectivity index (χ0) is 7.72. The zero-order valence-electron chi connectivity index (χ0n) is 7.48. The number of aryl methyl sites for hydroxylation is 2. The average molecular weight is 172 g/mol. The molecule has 1 rings (SSSR count). The Balaban J connectivity index is 0.000001000. The Bertz CT molecular complexity index is 229. The van der Waals surface area contributed by atoms with Gasteiger partial charge in [0, 0.05) is 18.6 Å². The van der Waals surface area contributed by atoms with Crippen LogP contribution in [-0.2, 0) is 7.05 Å². The molecule has 0 N–H and O–H groups in total. The van der Waals surface area contributed by atoms with E-state index < -0.39 is 0 Å². The summed E-state index contributed by atoms with van der Waals surface area (Å²) in [7, 11) is 2.07. The Labute approximate surface area is 74.5 Å². The second-order valence-electron chi connectivity index (χ2n) is 2.82. The third-order valence-electron chi connectivity index (χ3n) is 2.21. The predicted molar refractivity (Wildman–Crippen MR) is 41.8 cm³/mol. The molecule has 1 nitrogen and oxygen atoms in total. The summed E-state index contributed by atoms with van der Waals surface area (Å²) < 4.78 is 2.14. The largest absolute Gasteiger partial charge is 1.00 e. The van der Waals surface area contributed by atoms with Crippen LogP contribution in [0, 0.1) is 20.8 Å². The first-order valence-corrected chi connectivity index (χ1v) is 3.55. The lowest BCUT2D eigenvalue weighted by molar-refractivity contribution is -0.678. The van der Waals surface area contributed by atoms with E-state index in [1.807, 2.05) is 0 Å². The lowest BCUT2D eigenvalue weighted by Gasteiger charge is -2.00. The van der Waals surface area contributed by atoms with Gasteiger partial charge in [-0.15, -0.1) is 0 Å². The molecule has 0 fully saturated rings. The number of halogens is 1. The highest BCUT2D eigenvalue weighted by molar-refractivity contribution is 5.22. The molecule has 0 radical (unpaired) electrons. The van der Waals surface area contributed by atoms with E-state index in [1.54, 1.807) is 0 Å². The van der Waals surface area contributed by atoms with Crippen LogP contribution in [0.1, 0.15) is 16.8 Å². The van der Waals surface area contributed by atoms with Crippen molar-refractivity contribution in [2.24, 2.45) is 7.05 Å². The van der Waals surface area contributed by atoms with Gasteiger partial charge in [-0.2, -0.15) is 0 Å². The number of pyridine rings is 1. The smallest absolute Gasteiger partial charge is 0.181 e. The number of nitrogens with zero attached hydrogens (tertiary/aromatic N) is 1. The van der Waals surface area contributed by atoms with Crippen LogP contribution in [0.25, 0.3) is 0 Å². The minimum Gasteiger partial charge on any atom is -1.00 e. The average Bonchev–Trinajstić information content (AvgIpc) is 1.93. The fourth-order valence-electron chi connectivity index (χ4n) is 1.01. The molecule has 0 unspecified atom stereocenters. The van der Waals surface area contributed by atoms with Crippen molar-refractivity contribution in [3.05, 3.63) is 29.1 Å². The molecule has 0 spiro atoms. The first kappa shape index (κ1) is 10.4. The van der Waals surface area contributed by atoms with Crippen molar-refractivity contribution in [1.82, 2.24) is 0 Å². The summed E-state index contributed by atoms with van der Waals surface area (Å²) >= 11 is 0. The molecule has 1 aromatic rings. The first-order chi connectivity index (χ1) is 4.63. The van der Waals surface area contributed by atoms with Crippen molar-refractivity contribution < 1.29 is 17.0 Å². The number of rotatable bonds is 0. The van der Waals surface area contributed by atoms with E-state index >= 15 is 0 Å². The number of hydrogen-bond donors (Lipinski definition) is 0. The van der Waals surface area contributed by atoms with Crippen molar-refractivity contribution in [2.75, 3.05) is 0 Å². The van der Waals surface area contributed by atoms with Gasteiger partial charge in [-0.3, -0.25) is 0 Å². The van der Waals surface area contributed by atoms with Crippen molar-refractivity contribution >= 4 is 0 Å². The van der Waals surface area contributed by atoms with Crippen LogP contribution >= 0.6 is 0 Å². The normalized spacial score (nSPS) is 9.09. The Morgan fingerprint density at radius 3 is 2.18 bits per heavy atom. The van der Waals surface area contributed by atoms with Gasteiger partial charge in [-0.25, -0.2) is 4.57 Å².